The van der Waals surface area contributed by atoms with Crippen LogP contribution in [0.25, 0.3) is 0 Å². The number of carboxylic acid groups (broad SMARTS) is 1. The highest BCUT2D eigenvalue weighted by Crippen LogP contribution is 2.32. The summed E-state index contributed by atoms with van der Waals surface area (Å²) in [5.74, 6) is -0.781. The van der Waals surface area contributed by atoms with E-state index in [1.165, 1.54) is 37.7 Å². The molecule has 18 heavy (non-hydrogen) atoms. The Morgan fingerprint density at radius 1 is 1.06 bits per heavy atom. The lowest BCUT2D eigenvalue weighted by Gasteiger charge is -2.21. The summed E-state index contributed by atoms with van der Waals surface area (Å²) in [7, 11) is 0. The van der Waals surface area contributed by atoms with Crippen LogP contribution in [-0.4, -0.2) is 16.9 Å². The molecule has 3 heteroatoms. The van der Waals surface area contributed by atoms with Crippen LogP contribution in [0.5, 0.6) is 0 Å². The molecule has 0 saturated heterocycles. The lowest BCUT2D eigenvalue weighted by atomic mass is 9.84. The molecule has 0 radical (unpaired) electrons. The van der Waals surface area contributed by atoms with Gasteiger partial charge in [0.15, 0.2) is 5.78 Å². The van der Waals surface area contributed by atoms with Crippen LogP contribution in [0.3, 0.4) is 0 Å². The van der Waals surface area contributed by atoms with Gasteiger partial charge in [-0.2, -0.15) is 0 Å². The molecule has 1 aromatic carbocycles. The van der Waals surface area contributed by atoms with E-state index in [4.69, 9.17) is 5.11 Å². The quantitative estimate of drug-likeness (QED) is 0.654. The Morgan fingerprint density at radius 3 is 2.22 bits per heavy atom. The first kappa shape index (κ1) is 12.8. The number of carbonyl (C=O) groups is 2. The Morgan fingerprint density at radius 2 is 1.67 bits per heavy atom. The summed E-state index contributed by atoms with van der Waals surface area (Å²) in [6.45, 7) is 0. The van der Waals surface area contributed by atoms with Gasteiger partial charge in [0.1, 0.15) is 6.42 Å². The second-order valence-electron chi connectivity index (χ2n) is 4.95. The fraction of sp³-hybridized carbons (Fsp3) is 0.467. The predicted molar refractivity (Wildman–Crippen MR) is 68.9 cm³/mol. The average molecular weight is 246 g/mol. The molecule has 0 bridgehead atoms. The summed E-state index contributed by atoms with van der Waals surface area (Å²) in [4.78, 5) is 22.0. The van der Waals surface area contributed by atoms with Gasteiger partial charge in [-0.25, -0.2) is 0 Å². The van der Waals surface area contributed by atoms with Crippen LogP contribution in [0, 0.1) is 0 Å². The fourth-order valence-electron chi connectivity index (χ4n) is 2.62. The van der Waals surface area contributed by atoms with E-state index in [0.29, 0.717) is 11.5 Å². The highest BCUT2D eigenvalue weighted by Gasteiger charge is 2.16. The SMILES string of the molecule is O=C(O)CC(=O)c1ccc(C2CCCCC2)cc1. The zero-order valence-corrected chi connectivity index (χ0v) is 10.4. The number of ketones is 1. The normalized spacial score (nSPS) is 16.4. The van der Waals surface area contributed by atoms with Crippen LogP contribution in [0.15, 0.2) is 24.3 Å². The summed E-state index contributed by atoms with van der Waals surface area (Å²) in [6.07, 6.45) is 5.91. The molecule has 96 valence electrons. The molecule has 0 atom stereocenters. The standard InChI is InChI=1S/C15H18O3/c16-14(10-15(17)18)13-8-6-12(7-9-13)11-4-2-1-3-5-11/h6-9,11H,1-5,10H2,(H,17,18). The minimum absolute atomic E-state index is 0.322. The number of Topliss-reactive ketones (excluding diaryl/α,β-unsaturated/α-hetero) is 1. The summed E-state index contributed by atoms with van der Waals surface area (Å²) >= 11 is 0. The summed E-state index contributed by atoms with van der Waals surface area (Å²) in [5, 5.41) is 8.58. The van der Waals surface area contributed by atoms with E-state index < -0.39 is 12.4 Å². The van der Waals surface area contributed by atoms with Gasteiger partial charge in [-0.05, 0) is 24.3 Å². The summed E-state index contributed by atoms with van der Waals surface area (Å²) < 4.78 is 0. The van der Waals surface area contributed by atoms with E-state index in [9.17, 15) is 9.59 Å². The van der Waals surface area contributed by atoms with Gasteiger partial charge in [-0.1, -0.05) is 43.5 Å². The minimum atomic E-state index is -1.07. The van der Waals surface area contributed by atoms with Crippen molar-refractivity contribution < 1.29 is 14.7 Å². The minimum Gasteiger partial charge on any atom is -0.481 e. The predicted octanol–water partition coefficient (Wildman–Crippen LogP) is 3.39. The molecule has 0 aromatic heterocycles. The number of benzene rings is 1. The van der Waals surface area contributed by atoms with Crippen molar-refractivity contribution in [3.8, 4) is 0 Å². The molecular weight excluding hydrogens is 228 g/mol. The number of rotatable bonds is 4. The van der Waals surface area contributed by atoms with Crippen molar-refractivity contribution in [1.29, 1.82) is 0 Å². The molecule has 0 spiro atoms. The smallest absolute Gasteiger partial charge is 0.311 e. The third-order valence-corrected chi connectivity index (χ3v) is 3.62. The first-order valence-corrected chi connectivity index (χ1v) is 6.52. The fourth-order valence-corrected chi connectivity index (χ4v) is 2.62. The van der Waals surface area contributed by atoms with Crippen LogP contribution >= 0.6 is 0 Å². The Hall–Kier alpha value is -1.64. The van der Waals surface area contributed by atoms with E-state index >= 15 is 0 Å². The van der Waals surface area contributed by atoms with Crippen LogP contribution in [0.1, 0.15) is 60.4 Å². The first-order valence-electron chi connectivity index (χ1n) is 6.52. The molecule has 3 nitrogen and oxygen atoms in total. The lowest BCUT2D eigenvalue weighted by molar-refractivity contribution is -0.135. The number of carbonyl (C=O) groups excluding carboxylic acids is 1. The van der Waals surface area contributed by atoms with E-state index in [1.807, 2.05) is 12.1 Å². The van der Waals surface area contributed by atoms with Gasteiger partial charge >= 0.3 is 5.97 Å². The Bertz CT molecular complexity index is 428. The molecule has 0 aliphatic heterocycles. The molecule has 1 aliphatic rings. The van der Waals surface area contributed by atoms with Crippen molar-refractivity contribution in [2.75, 3.05) is 0 Å². The summed E-state index contributed by atoms with van der Waals surface area (Å²) in [5.41, 5.74) is 1.78. The van der Waals surface area contributed by atoms with Gasteiger partial charge in [-0.3, -0.25) is 9.59 Å². The van der Waals surface area contributed by atoms with E-state index in [2.05, 4.69) is 0 Å². The van der Waals surface area contributed by atoms with Gasteiger partial charge in [0.25, 0.3) is 0 Å². The van der Waals surface area contributed by atoms with Gasteiger partial charge in [-0.15, -0.1) is 0 Å². The van der Waals surface area contributed by atoms with E-state index in [-0.39, 0.29) is 5.78 Å². The number of hydrogen-bond donors (Lipinski definition) is 1. The van der Waals surface area contributed by atoms with Crippen LogP contribution in [0.4, 0.5) is 0 Å². The number of aliphatic carboxylic acids is 1. The molecule has 1 fully saturated rings. The summed E-state index contributed by atoms with van der Waals surface area (Å²) in [6, 6.07) is 7.47. The Labute approximate surface area is 107 Å². The molecular formula is C15H18O3. The number of hydrogen-bond acceptors (Lipinski definition) is 2. The van der Waals surface area contributed by atoms with E-state index in [1.54, 1.807) is 12.1 Å². The third kappa shape index (κ3) is 3.19. The highest BCUT2D eigenvalue weighted by atomic mass is 16.4. The van der Waals surface area contributed by atoms with Gasteiger partial charge in [0, 0.05) is 5.56 Å². The molecule has 0 unspecified atom stereocenters. The van der Waals surface area contributed by atoms with Gasteiger partial charge in [0.2, 0.25) is 0 Å². The second kappa shape index (κ2) is 5.80. The largest absolute Gasteiger partial charge is 0.481 e. The van der Waals surface area contributed by atoms with Crippen LogP contribution in [0.2, 0.25) is 0 Å². The average Bonchev–Trinajstić information content (AvgIpc) is 2.39. The van der Waals surface area contributed by atoms with E-state index in [0.717, 1.165) is 0 Å². The maximum Gasteiger partial charge on any atom is 0.311 e. The monoisotopic (exact) mass is 246 g/mol. The van der Waals surface area contributed by atoms with Gasteiger partial charge < -0.3 is 5.11 Å². The molecule has 1 aromatic rings. The van der Waals surface area contributed by atoms with Crippen molar-refractivity contribution in [3.05, 3.63) is 35.4 Å². The zero-order valence-electron chi connectivity index (χ0n) is 10.4. The van der Waals surface area contributed by atoms with Crippen molar-refractivity contribution >= 4 is 11.8 Å². The maximum atomic E-state index is 11.6. The van der Waals surface area contributed by atoms with Crippen molar-refractivity contribution in [1.82, 2.24) is 0 Å². The van der Waals surface area contributed by atoms with Crippen molar-refractivity contribution in [2.24, 2.45) is 0 Å². The number of carboxylic acids is 1. The highest BCUT2D eigenvalue weighted by molar-refractivity contribution is 6.05. The Kier molecular flexibility index (Phi) is 4.13. The second-order valence-corrected chi connectivity index (χ2v) is 4.95. The molecule has 1 N–H and O–H groups in total. The lowest BCUT2D eigenvalue weighted by Crippen LogP contribution is -2.08. The first-order chi connectivity index (χ1) is 8.66. The third-order valence-electron chi connectivity index (χ3n) is 3.62. The molecule has 1 aliphatic carbocycles. The van der Waals surface area contributed by atoms with Crippen molar-refractivity contribution in [2.45, 2.75) is 44.4 Å². The molecule has 0 heterocycles. The topological polar surface area (TPSA) is 54.4 Å². The molecule has 0 amide bonds. The van der Waals surface area contributed by atoms with Gasteiger partial charge in [0.05, 0.1) is 0 Å². The molecule has 1 saturated carbocycles. The van der Waals surface area contributed by atoms with Crippen molar-refractivity contribution in [3.63, 3.8) is 0 Å². The van der Waals surface area contributed by atoms with Crippen LogP contribution in [-0.2, 0) is 4.79 Å². The zero-order chi connectivity index (χ0) is 13.0. The Balaban J connectivity index is 2.04. The molecule has 2 rings (SSSR count). The maximum absolute atomic E-state index is 11.6. The van der Waals surface area contributed by atoms with Crippen LogP contribution < -0.4 is 0 Å².